The normalized spacial score (nSPS) is 18.2. The van der Waals surface area contributed by atoms with E-state index in [2.05, 4.69) is 21.9 Å². The van der Waals surface area contributed by atoms with Crippen molar-refractivity contribution in [1.82, 2.24) is 9.80 Å². The summed E-state index contributed by atoms with van der Waals surface area (Å²) >= 11 is 0. The van der Waals surface area contributed by atoms with E-state index in [0.29, 0.717) is 0 Å². The van der Waals surface area contributed by atoms with E-state index in [1.807, 2.05) is 24.3 Å². The van der Waals surface area contributed by atoms with Crippen LogP contribution < -0.4 is 9.47 Å². The first-order valence-corrected chi connectivity index (χ1v) is 11.0. The molecular formula is C24H30N2O3. The zero-order valence-electron chi connectivity index (χ0n) is 17.1. The highest BCUT2D eigenvalue weighted by atomic mass is 16.5. The minimum absolute atomic E-state index is 0.723. The Hall–Kier alpha value is -2.24. The number of hydrogen-bond donors (Lipinski definition) is 0. The Morgan fingerprint density at radius 1 is 0.655 bits per heavy atom. The maximum atomic E-state index is 6.11. The van der Waals surface area contributed by atoms with Gasteiger partial charge in [0.25, 0.3) is 0 Å². The van der Waals surface area contributed by atoms with Crippen LogP contribution in [0.5, 0.6) is 11.5 Å². The summed E-state index contributed by atoms with van der Waals surface area (Å²) in [7, 11) is 0. The summed E-state index contributed by atoms with van der Waals surface area (Å²) in [5.41, 5.74) is 1.74. The molecule has 154 valence electrons. The van der Waals surface area contributed by atoms with Gasteiger partial charge in [-0.25, -0.2) is 0 Å². The van der Waals surface area contributed by atoms with E-state index in [0.717, 1.165) is 59.7 Å². The van der Waals surface area contributed by atoms with Gasteiger partial charge in [0.05, 0.1) is 0 Å². The van der Waals surface area contributed by atoms with Gasteiger partial charge in [-0.1, -0.05) is 0 Å². The number of furan rings is 1. The first kappa shape index (κ1) is 18.8. The summed E-state index contributed by atoms with van der Waals surface area (Å²) < 4.78 is 18.0. The molecule has 3 aromatic rings. The van der Waals surface area contributed by atoms with Crippen molar-refractivity contribution in [3.8, 4) is 11.5 Å². The van der Waals surface area contributed by atoms with Gasteiger partial charge in [-0.05, 0) is 76.1 Å². The number of rotatable bonds is 8. The quantitative estimate of drug-likeness (QED) is 0.561. The average Bonchev–Trinajstić information content (AvgIpc) is 3.48. The molecule has 0 amide bonds. The van der Waals surface area contributed by atoms with Crippen LogP contribution in [0.1, 0.15) is 25.7 Å². The number of hydrogen-bond acceptors (Lipinski definition) is 5. The SMILES string of the molecule is c1cc2c(cc1OCCN1CCCC1)oc1cc(OCCN3CCCC3)ccc12. The molecule has 0 spiro atoms. The topological polar surface area (TPSA) is 38.1 Å². The predicted octanol–water partition coefficient (Wildman–Crippen LogP) is 4.54. The van der Waals surface area contributed by atoms with E-state index in [9.17, 15) is 0 Å². The summed E-state index contributed by atoms with van der Waals surface area (Å²) in [4.78, 5) is 4.93. The van der Waals surface area contributed by atoms with E-state index in [4.69, 9.17) is 13.9 Å². The van der Waals surface area contributed by atoms with E-state index in [-0.39, 0.29) is 0 Å². The molecule has 29 heavy (non-hydrogen) atoms. The molecule has 2 aliphatic heterocycles. The smallest absolute Gasteiger partial charge is 0.139 e. The van der Waals surface area contributed by atoms with Crippen molar-refractivity contribution >= 4 is 21.9 Å². The Morgan fingerprint density at radius 3 is 1.55 bits per heavy atom. The van der Waals surface area contributed by atoms with Crippen LogP contribution in [-0.2, 0) is 0 Å². The second-order valence-corrected chi connectivity index (χ2v) is 8.21. The standard InChI is InChI=1S/C24H30N2O3/c1-2-10-25(9-1)13-15-27-19-5-7-21-22-8-6-20(18-24(22)29-23(21)17-19)28-16-14-26-11-3-4-12-26/h5-8,17-18H,1-4,9-16H2. The minimum Gasteiger partial charge on any atom is -0.492 e. The van der Waals surface area contributed by atoms with Crippen LogP contribution in [0.2, 0.25) is 0 Å². The highest BCUT2D eigenvalue weighted by Gasteiger charge is 2.13. The van der Waals surface area contributed by atoms with Gasteiger partial charge in [-0.2, -0.15) is 0 Å². The zero-order chi connectivity index (χ0) is 19.5. The number of nitrogens with zero attached hydrogens (tertiary/aromatic N) is 2. The Balaban J connectivity index is 1.23. The van der Waals surface area contributed by atoms with Gasteiger partial charge in [-0.3, -0.25) is 9.80 Å². The van der Waals surface area contributed by atoms with Gasteiger partial charge in [0.1, 0.15) is 35.9 Å². The van der Waals surface area contributed by atoms with Crippen LogP contribution in [0.15, 0.2) is 40.8 Å². The lowest BCUT2D eigenvalue weighted by atomic mass is 10.1. The third-order valence-corrected chi connectivity index (χ3v) is 6.17. The van der Waals surface area contributed by atoms with Gasteiger partial charge in [-0.15, -0.1) is 0 Å². The van der Waals surface area contributed by atoms with Crippen molar-refractivity contribution in [2.45, 2.75) is 25.7 Å². The fourth-order valence-electron chi connectivity index (χ4n) is 4.51. The highest BCUT2D eigenvalue weighted by molar-refractivity contribution is 6.05. The number of ether oxygens (including phenoxy) is 2. The summed E-state index contributed by atoms with van der Waals surface area (Å²) in [6.07, 6.45) is 5.26. The van der Waals surface area contributed by atoms with Crippen molar-refractivity contribution in [3.05, 3.63) is 36.4 Å². The average molecular weight is 395 g/mol. The largest absolute Gasteiger partial charge is 0.492 e. The van der Waals surface area contributed by atoms with Crippen LogP contribution in [-0.4, -0.2) is 62.3 Å². The molecule has 0 saturated carbocycles. The molecule has 2 aromatic carbocycles. The number of benzene rings is 2. The lowest BCUT2D eigenvalue weighted by molar-refractivity contribution is 0.238. The molecule has 5 rings (SSSR count). The molecule has 0 atom stereocenters. The van der Waals surface area contributed by atoms with Crippen molar-refractivity contribution in [2.75, 3.05) is 52.5 Å². The van der Waals surface area contributed by atoms with Crippen molar-refractivity contribution in [1.29, 1.82) is 0 Å². The third kappa shape index (κ3) is 4.36. The molecule has 1 aromatic heterocycles. The third-order valence-electron chi connectivity index (χ3n) is 6.17. The summed E-state index contributed by atoms with van der Waals surface area (Å²) in [5.74, 6) is 1.75. The van der Waals surface area contributed by atoms with Crippen LogP contribution in [0.3, 0.4) is 0 Å². The second-order valence-electron chi connectivity index (χ2n) is 8.21. The second kappa shape index (κ2) is 8.64. The lowest BCUT2D eigenvalue weighted by Crippen LogP contribution is -2.25. The van der Waals surface area contributed by atoms with E-state index in [1.165, 1.54) is 51.9 Å². The molecule has 2 fully saturated rings. The molecule has 0 radical (unpaired) electrons. The number of fused-ring (bicyclic) bond motifs is 3. The maximum Gasteiger partial charge on any atom is 0.139 e. The molecule has 5 heteroatoms. The predicted molar refractivity (Wildman–Crippen MR) is 116 cm³/mol. The first-order valence-electron chi connectivity index (χ1n) is 11.0. The molecule has 3 heterocycles. The van der Waals surface area contributed by atoms with Crippen molar-refractivity contribution in [3.63, 3.8) is 0 Å². The summed E-state index contributed by atoms with van der Waals surface area (Å²) in [6.45, 7) is 8.25. The van der Waals surface area contributed by atoms with E-state index < -0.39 is 0 Å². The summed E-state index contributed by atoms with van der Waals surface area (Å²) in [6, 6.07) is 12.3. The Labute approximate surface area is 172 Å². The van der Waals surface area contributed by atoms with Crippen molar-refractivity contribution in [2.24, 2.45) is 0 Å². The Morgan fingerprint density at radius 2 is 1.10 bits per heavy atom. The lowest BCUT2D eigenvalue weighted by Gasteiger charge is -2.14. The Kier molecular flexibility index (Phi) is 5.59. The van der Waals surface area contributed by atoms with Gasteiger partial charge in [0, 0.05) is 36.0 Å². The van der Waals surface area contributed by atoms with Gasteiger partial charge in [0.15, 0.2) is 0 Å². The molecule has 0 aliphatic carbocycles. The van der Waals surface area contributed by atoms with Crippen LogP contribution >= 0.6 is 0 Å². The first-order chi connectivity index (χ1) is 14.3. The molecule has 0 unspecified atom stereocenters. The molecule has 2 aliphatic rings. The molecular weight excluding hydrogens is 364 g/mol. The minimum atomic E-state index is 0.723. The highest BCUT2D eigenvalue weighted by Crippen LogP contribution is 2.33. The molecule has 2 saturated heterocycles. The van der Waals surface area contributed by atoms with Gasteiger partial charge < -0.3 is 13.9 Å². The Bertz CT molecular complexity index is 879. The maximum absolute atomic E-state index is 6.11. The fraction of sp³-hybridized carbons (Fsp3) is 0.500. The fourth-order valence-corrected chi connectivity index (χ4v) is 4.51. The zero-order valence-corrected chi connectivity index (χ0v) is 17.1. The van der Waals surface area contributed by atoms with E-state index in [1.54, 1.807) is 0 Å². The van der Waals surface area contributed by atoms with Crippen LogP contribution in [0.4, 0.5) is 0 Å². The van der Waals surface area contributed by atoms with Gasteiger partial charge in [0.2, 0.25) is 0 Å². The van der Waals surface area contributed by atoms with Crippen molar-refractivity contribution < 1.29 is 13.9 Å². The van der Waals surface area contributed by atoms with Crippen LogP contribution in [0.25, 0.3) is 21.9 Å². The van der Waals surface area contributed by atoms with Crippen LogP contribution in [0, 0.1) is 0 Å². The molecule has 0 bridgehead atoms. The van der Waals surface area contributed by atoms with Gasteiger partial charge >= 0.3 is 0 Å². The molecule has 5 nitrogen and oxygen atoms in total. The number of likely N-dealkylation sites (tertiary alicyclic amines) is 2. The monoisotopic (exact) mass is 394 g/mol. The molecule has 0 N–H and O–H groups in total. The van der Waals surface area contributed by atoms with E-state index >= 15 is 0 Å². The summed E-state index contributed by atoms with van der Waals surface area (Å²) in [5, 5.41) is 2.24.